The van der Waals surface area contributed by atoms with Crippen molar-refractivity contribution in [2.45, 2.75) is 57.1 Å². The molecule has 0 aliphatic carbocycles. The molecule has 6 heteroatoms. The van der Waals surface area contributed by atoms with Crippen molar-refractivity contribution >= 4 is 27.1 Å². The first kappa shape index (κ1) is 22.1. The van der Waals surface area contributed by atoms with Gasteiger partial charge in [0.1, 0.15) is 0 Å². The van der Waals surface area contributed by atoms with Crippen LogP contribution in [0.25, 0.3) is 0 Å². The predicted octanol–water partition coefficient (Wildman–Crippen LogP) is 4.91. The molecular formula is C23H31ClN2O2S. The number of hydrogen-bond acceptors (Lipinski definition) is 4. The summed E-state index contributed by atoms with van der Waals surface area (Å²) in [6.07, 6.45) is 1.97. The Bertz CT molecular complexity index is 964. The molecular weight excluding hydrogens is 404 g/mol. The maximum atomic E-state index is 12.7. The molecule has 0 bridgehead atoms. The molecule has 158 valence electrons. The minimum Gasteiger partial charge on any atom is -0.380 e. The Morgan fingerprint density at radius 3 is 2.38 bits per heavy atom. The standard InChI is InChI=1S/C23H31ClN2O2S/c1-16(29(27,28)23(2,3)4)18-7-5-17(6-8-18)15-26-22-20-12-14-25-13-11-19(20)9-10-21(22)24/h5-10,16,25-26H,11-15H2,1-4H3. The van der Waals surface area contributed by atoms with E-state index in [0.717, 1.165) is 47.8 Å². The molecule has 2 N–H and O–H groups in total. The molecule has 4 nitrogen and oxygen atoms in total. The van der Waals surface area contributed by atoms with Crippen LogP contribution in [0.2, 0.25) is 5.02 Å². The number of fused-ring (bicyclic) bond motifs is 1. The van der Waals surface area contributed by atoms with Gasteiger partial charge in [-0.1, -0.05) is 41.9 Å². The molecule has 0 saturated heterocycles. The third kappa shape index (κ3) is 4.79. The SMILES string of the molecule is CC(c1ccc(CNc2c(Cl)ccc3c2CCNCC3)cc1)S(=O)(=O)C(C)(C)C. The Labute approximate surface area is 180 Å². The number of halogens is 1. The van der Waals surface area contributed by atoms with Crippen LogP contribution in [0.4, 0.5) is 5.69 Å². The molecule has 1 aliphatic heterocycles. The highest BCUT2D eigenvalue weighted by atomic mass is 35.5. The third-order valence-corrected chi connectivity index (χ3v) is 8.94. The molecule has 0 fully saturated rings. The second kappa shape index (κ2) is 8.66. The van der Waals surface area contributed by atoms with Gasteiger partial charge < -0.3 is 10.6 Å². The van der Waals surface area contributed by atoms with Crippen molar-refractivity contribution in [3.8, 4) is 0 Å². The smallest absolute Gasteiger partial charge is 0.161 e. The average Bonchev–Trinajstić information content (AvgIpc) is 2.92. The summed E-state index contributed by atoms with van der Waals surface area (Å²) in [6.45, 7) is 9.60. The van der Waals surface area contributed by atoms with Crippen LogP contribution in [-0.4, -0.2) is 26.3 Å². The zero-order valence-corrected chi connectivity index (χ0v) is 19.3. The van der Waals surface area contributed by atoms with Gasteiger partial charge in [-0.15, -0.1) is 0 Å². The Kier molecular flexibility index (Phi) is 6.61. The molecule has 1 heterocycles. The average molecular weight is 435 g/mol. The molecule has 0 amide bonds. The summed E-state index contributed by atoms with van der Waals surface area (Å²) in [7, 11) is -3.26. The van der Waals surface area contributed by atoms with Gasteiger partial charge in [0.05, 0.1) is 20.7 Å². The second-order valence-electron chi connectivity index (χ2n) is 8.70. The van der Waals surface area contributed by atoms with Crippen molar-refractivity contribution in [3.63, 3.8) is 0 Å². The van der Waals surface area contributed by atoms with Crippen molar-refractivity contribution in [1.82, 2.24) is 5.32 Å². The van der Waals surface area contributed by atoms with Crippen LogP contribution in [0.1, 0.15) is 55.2 Å². The van der Waals surface area contributed by atoms with E-state index in [2.05, 4.69) is 16.7 Å². The lowest BCUT2D eigenvalue weighted by Gasteiger charge is -2.24. The Morgan fingerprint density at radius 2 is 1.72 bits per heavy atom. The molecule has 29 heavy (non-hydrogen) atoms. The Balaban J connectivity index is 1.75. The largest absolute Gasteiger partial charge is 0.380 e. The van der Waals surface area contributed by atoms with E-state index >= 15 is 0 Å². The van der Waals surface area contributed by atoms with Crippen molar-refractivity contribution in [3.05, 3.63) is 63.7 Å². The number of rotatable bonds is 5. The fraction of sp³-hybridized carbons (Fsp3) is 0.478. The van der Waals surface area contributed by atoms with E-state index in [1.807, 2.05) is 30.3 Å². The van der Waals surface area contributed by atoms with E-state index in [1.54, 1.807) is 27.7 Å². The summed E-state index contributed by atoms with van der Waals surface area (Å²) in [5.41, 5.74) is 5.57. The van der Waals surface area contributed by atoms with Gasteiger partial charge in [0.25, 0.3) is 0 Å². The molecule has 2 aromatic rings. The highest BCUT2D eigenvalue weighted by molar-refractivity contribution is 7.92. The topological polar surface area (TPSA) is 58.2 Å². The van der Waals surface area contributed by atoms with E-state index in [1.165, 1.54) is 11.1 Å². The number of anilines is 1. The molecule has 2 aromatic carbocycles. The van der Waals surface area contributed by atoms with Crippen LogP contribution in [0, 0.1) is 0 Å². The van der Waals surface area contributed by atoms with Gasteiger partial charge in [0, 0.05) is 6.54 Å². The third-order valence-electron chi connectivity index (χ3n) is 5.72. The number of nitrogens with one attached hydrogen (secondary N) is 2. The highest BCUT2D eigenvalue weighted by Gasteiger charge is 2.35. The highest BCUT2D eigenvalue weighted by Crippen LogP contribution is 2.33. The monoisotopic (exact) mass is 434 g/mol. The van der Waals surface area contributed by atoms with Crippen LogP contribution in [0.5, 0.6) is 0 Å². The molecule has 0 radical (unpaired) electrons. The lowest BCUT2D eigenvalue weighted by Crippen LogP contribution is -2.31. The first-order chi connectivity index (χ1) is 13.6. The summed E-state index contributed by atoms with van der Waals surface area (Å²) < 4.78 is 24.7. The van der Waals surface area contributed by atoms with Gasteiger partial charge in [-0.3, -0.25) is 0 Å². The maximum absolute atomic E-state index is 12.7. The van der Waals surface area contributed by atoms with Gasteiger partial charge >= 0.3 is 0 Å². The Hall–Kier alpha value is -1.56. The van der Waals surface area contributed by atoms with Gasteiger partial charge in [-0.2, -0.15) is 0 Å². The summed E-state index contributed by atoms with van der Waals surface area (Å²) in [5, 5.41) is 7.16. The van der Waals surface area contributed by atoms with Crippen molar-refractivity contribution < 1.29 is 8.42 Å². The van der Waals surface area contributed by atoms with Gasteiger partial charge in [0.15, 0.2) is 9.84 Å². The van der Waals surface area contributed by atoms with E-state index in [0.29, 0.717) is 6.54 Å². The molecule has 1 atom stereocenters. The molecule has 3 rings (SSSR count). The molecule has 0 saturated carbocycles. The van der Waals surface area contributed by atoms with Crippen LogP contribution in [0.3, 0.4) is 0 Å². The molecule has 0 spiro atoms. The quantitative estimate of drug-likeness (QED) is 0.701. The van der Waals surface area contributed by atoms with E-state index < -0.39 is 19.8 Å². The number of hydrogen-bond donors (Lipinski definition) is 2. The molecule has 0 aromatic heterocycles. The number of benzene rings is 2. The Morgan fingerprint density at radius 1 is 1.07 bits per heavy atom. The van der Waals surface area contributed by atoms with Crippen LogP contribution in [-0.2, 0) is 29.2 Å². The summed E-state index contributed by atoms with van der Waals surface area (Å²) in [5.74, 6) is 0. The normalized spacial score (nSPS) is 16.0. The minimum atomic E-state index is -3.26. The van der Waals surface area contributed by atoms with Gasteiger partial charge in [-0.05, 0) is 81.9 Å². The fourth-order valence-electron chi connectivity index (χ4n) is 3.74. The zero-order valence-electron chi connectivity index (χ0n) is 17.7. The first-order valence-electron chi connectivity index (χ1n) is 10.2. The van der Waals surface area contributed by atoms with Crippen molar-refractivity contribution in [1.29, 1.82) is 0 Å². The second-order valence-corrected chi connectivity index (χ2v) is 12.1. The van der Waals surface area contributed by atoms with E-state index in [9.17, 15) is 8.42 Å². The van der Waals surface area contributed by atoms with Gasteiger partial charge in [0.2, 0.25) is 0 Å². The lowest BCUT2D eigenvalue weighted by atomic mass is 10.0. The van der Waals surface area contributed by atoms with Crippen molar-refractivity contribution in [2.75, 3.05) is 18.4 Å². The van der Waals surface area contributed by atoms with Crippen LogP contribution in [0.15, 0.2) is 36.4 Å². The lowest BCUT2D eigenvalue weighted by molar-refractivity contribution is 0.549. The van der Waals surface area contributed by atoms with Gasteiger partial charge in [-0.25, -0.2) is 8.42 Å². The van der Waals surface area contributed by atoms with Crippen molar-refractivity contribution in [2.24, 2.45) is 0 Å². The van der Waals surface area contributed by atoms with Crippen LogP contribution >= 0.6 is 11.6 Å². The summed E-state index contributed by atoms with van der Waals surface area (Å²) in [6, 6.07) is 11.9. The first-order valence-corrected chi connectivity index (χ1v) is 12.1. The maximum Gasteiger partial charge on any atom is 0.161 e. The van der Waals surface area contributed by atoms with E-state index in [-0.39, 0.29) is 0 Å². The van der Waals surface area contributed by atoms with Crippen LogP contribution < -0.4 is 10.6 Å². The zero-order chi connectivity index (χ0) is 21.2. The number of sulfone groups is 1. The fourth-order valence-corrected chi connectivity index (χ4v) is 5.56. The van der Waals surface area contributed by atoms with E-state index in [4.69, 9.17) is 11.6 Å². The summed E-state index contributed by atoms with van der Waals surface area (Å²) >= 11 is 6.49. The predicted molar refractivity (Wildman–Crippen MR) is 123 cm³/mol. The summed E-state index contributed by atoms with van der Waals surface area (Å²) in [4.78, 5) is 0. The molecule has 1 aliphatic rings. The molecule has 1 unspecified atom stereocenters. The minimum absolute atomic E-state index is 0.531.